The number of rotatable bonds is 4. The molecule has 6 heteroatoms. The fourth-order valence-corrected chi connectivity index (χ4v) is 2.96. The topological polar surface area (TPSA) is 88.0 Å². The summed E-state index contributed by atoms with van der Waals surface area (Å²) in [6.45, 7) is 1.78. The second-order valence-corrected chi connectivity index (χ2v) is 6.27. The van der Waals surface area contributed by atoms with Crippen LogP contribution in [0.1, 0.15) is 23.8 Å². The first kappa shape index (κ1) is 15.4. The third kappa shape index (κ3) is 3.24. The minimum absolute atomic E-state index is 0.00348. The summed E-state index contributed by atoms with van der Waals surface area (Å²) in [7, 11) is 0. The number of aromatic amines is 1. The van der Waals surface area contributed by atoms with E-state index in [4.69, 9.17) is 4.42 Å². The van der Waals surface area contributed by atoms with Gasteiger partial charge in [0.1, 0.15) is 11.6 Å². The van der Waals surface area contributed by atoms with E-state index in [0.29, 0.717) is 17.2 Å². The Labute approximate surface area is 143 Å². The first-order chi connectivity index (χ1) is 12.1. The number of nitrogens with zero attached hydrogens (tertiary/aromatic N) is 1. The van der Waals surface area contributed by atoms with Gasteiger partial charge in [-0.05, 0) is 49.7 Å². The van der Waals surface area contributed by atoms with Gasteiger partial charge in [-0.2, -0.15) is 0 Å². The van der Waals surface area contributed by atoms with Crippen molar-refractivity contribution in [3.63, 3.8) is 0 Å². The number of carbonyl (C=O) groups excluding carboxylic acids is 1. The second-order valence-electron chi connectivity index (χ2n) is 6.27. The number of carbonyl (C=O) groups is 1. The van der Waals surface area contributed by atoms with E-state index in [1.54, 1.807) is 25.3 Å². The van der Waals surface area contributed by atoms with Gasteiger partial charge in [0, 0.05) is 34.8 Å². The molecule has 2 N–H and O–H groups in total. The molecule has 0 unspecified atom stereocenters. The lowest BCUT2D eigenvalue weighted by molar-refractivity contribution is -0.117. The Morgan fingerprint density at radius 1 is 1.28 bits per heavy atom. The highest BCUT2D eigenvalue weighted by Crippen LogP contribution is 2.48. The van der Waals surface area contributed by atoms with Crippen LogP contribution in [0.5, 0.6) is 0 Å². The maximum Gasteiger partial charge on any atom is 0.251 e. The molecule has 4 rings (SSSR count). The first-order valence-corrected chi connectivity index (χ1v) is 8.13. The Balaban J connectivity index is 1.44. The van der Waals surface area contributed by atoms with E-state index < -0.39 is 0 Å². The first-order valence-electron chi connectivity index (χ1n) is 8.13. The zero-order valence-corrected chi connectivity index (χ0v) is 13.7. The average molecular weight is 335 g/mol. The van der Waals surface area contributed by atoms with Crippen molar-refractivity contribution in [1.29, 1.82) is 0 Å². The van der Waals surface area contributed by atoms with E-state index >= 15 is 0 Å². The number of anilines is 1. The van der Waals surface area contributed by atoms with E-state index in [1.807, 2.05) is 24.3 Å². The minimum Gasteiger partial charge on any atom is -0.469 e. The van der Waals surface area contributed by atoms with E-state index in [-0.39, 0.29) is 23.3 Å². The van der Waals surface area contributed by atoms with Gasteiger partial charge in [-0.1, -0.05) is 0 Å². The van der Waals surface area contributed by atoms with Gasteiger partial charge < -0.3 is 14.7 Å². The smallest absolute Gasteiger partial charge is 0.251 e. The summed E-state index contributed by atoms with van der Waals surface area (Å²) in [5.74, 6) is 1.51. The molecule has 2 aromatic heterocycles. The number of furan rings is 1. The average Bonchev–Trinajstić information content (AvgIpc) is 3.20. The number of H-pyrrole nitrogens is 1. The van der Waals surface area contributed by atoms with E-state index in [2.05, 4.69) is 15.3 Å². The van der Waals surface area contributed by atoms with Crippen molar-refractivity contribution in [2.75, 3.05) is 5.32 Å². The van der Waals surface area contributed by atoms with Crippen LogP contribution in [0.2, 0.25) is 0 Å². The fourth-order valence-electron chi connectivity index (χ4n) is 2.96. The molecule has 0 radical (unpaired) electrons. The van der Waals surface area contributed by atoms with Crippen LogP contribution in [0.4, 0.5) is 5.69 Å². The molecular weight excluding hydrogens is 318 g/mol. The Hall–Kier alpha value is -3.15. The highest BCUT2D eigenvalue weighted by molar-refractivity contribution is 5.95. The third-order valence-electron chi connectivity index (χ3n) is 4.33. The summed E-state index contributed by atoms with van der Waals surface area (Å²) in [5, 5.41) is 2.92. The number of amides is 1. The molecule has 1 aromatic carbocycles. The molecule has 6 nitrogen and oxygen atoms in total. The SMILES string of the molecule is Cc1cc(=O)[nH]c(-c2ccc(NC(=O)[C@@H]3C[C@@H]3c3ccco3)cc2)n1. The molecule has 2 atom stereocenters. The third-order valence-corrected chi connectivity index (χ3v) is 4.33. The minimum atomic E-state index is -0.183. The van der Waals surface area contributed by atoms with Crippen molar-refractivity contribution in [1.82, 2.24) is 9.97 Å². The Kier molecular flexibility index (Phi) is 3.72. The van der Waals surface area contributed by atoms with Gasteiger partial charge in [0.05, 0.1) is 6.26 Å². The normalized spacial score (nSPS) is 18.8. The van der Waals surface area contributed by atoms with Crippen LogP contribution in [0, 0.1) is 12.8 Å². The number of nitrogens with one attached hydrogen (secondary N) is 2. The largest absolute Gasteiger partial charge is 0.469 e. The van der Waals surface area contributed by atoms with Gasteiger partial charge in [0.15, 0.2) is 0 Å². The monoisotopic (exact) mass is 335 g/mol. The molecule has 0 bridgehead atoms. The van der Waals surface area contributed by atoms with Crippen molar-refractivity contribution >= 4 is 11.6 Å². The lowest BCUT2D eigenvalue weighted by atomic mass is 10.2. The highest BCUT2D eigenvalue weighted by atomic mass is 16.3. The number of benzene rings is 1. The predicted octanol–water partition coefficient (Wildman–Crippen LogP) is 3.08. The Morgan fingerprint density at radius 3 is 2.76 bits per heavy atom. The van der Waals surface area contributed by atoms with Crippen LogP contribution in [-0.2, 0) is 4.79 Å². The van der Waals surface area contributed by atoms with Crippen LogP contribution in [0.15, 0.2) is 57.9 Å². The van der Waals surface area contributed by atoms with Gasteiger partial charge in [0.2, 0.25) is 5.91 Å². The number of aromatic nitrogens is 2. The summed E-state index contributed by atoms with van der Waals surface area (Å²) in [4.78, 5) is 30.9. The standard InChI is InChI=1S/C19H17N3O3/c1-11-9-17(23)22-18(20-11)12-4-6-13(7-5-12)21-19(24)15-10-14(15)16-3-2-8-25-16/h2-9,14-15H,10H2,1H3,(H,21,24)(H,20,22,23)/t14-,15+/m0/s1. The summed E-state index contributed by atoms with van der Waals surface area (Å²) in [6.07, 6.45) is 2.44. The molecule has 2 heterocycles. The van der Waals surface area contributed by atoms with Crippen LogP contribution in [0.25, 0.3) is 11.4 Å². The maximum atomic E-state index is 12.3. The molecule has 25 heavy (non-hydrogen) atoms. The molecule has 3 aromatic rings. The van der Waals surface area contributed by atoms with Crippen molar-refractivity contribution in [3.05, 3.63) is 70.5 Å². The van der Waals surface area contributed by atoms with E-state index in [9.17, 15) is 9.59 Å². The Bertz CT molecular complexity index is 958. The summed E-state index contributed by atoms with van der Waals surface area (Å²) >= 11 is 0. The van der Waals surface area contributed by atoms with Gasteiger partial charge in [0.25, 0.3) is 5.56 Å². The predicted molar refractivity (Wildman–Crippen MR) is 93.2 cm³/mol. The number of aryl methyl sites for hydroxylation is 1. The molecule has 1 saturated carbocycles. The quantitative estimate of drug-likeness (QED) is 0.767. The molecule has 1 aliphatic carbocycles. The zero-order chi connectivity index (χ0) is 17.4. The summed E-state index contributed by atoms with van der Waals surface area (Å²) in [6, 6.07) is 12.4. The van der Waals surface area contributed by atoms with Crippen LogP contribution >= 0.6 is 0 Å². The van der Waals surface area contributed by atoms with Crippen molar-refractivity contribution in [3.8, 4) is 11.4 Å². The molecule has 126 valence electrons. The lowest BCUT2D eigenvalue weighted by Crippen LogP contribution is -2.14. The van der Waals surface area contributed by atoms with Crippen LogP contribution < -0.4 is 10.9 Å². The van der Waals surface area contributed by atoms with Gasteiger partial charge in [-0.25, -0.2) is 4.98 Å². The van der Waals surface area contributed by atoms with Gasteiger partial charge in [-0.3, -0.25) is 9.59 Å². The lowest BCUT2D eigenvalue weighted by Gasteiger charge is -2.06. The fraction of sp³-hybridized carbons (Fsp3) is 0.211. The molecule has 0 spiro atoms. The number of hydrogen-bond donors (Lipinski definition) is 2. The molecule has 1 aliphatic rings. The molecule has 0 saturated heterocycles. The summed E-state index contributed by atoms with van der Waals surface area (Å²) in [5.41, 5.74) is 1.99. The maximum absolute atomic E-state index is 12.3. The molecule has 1 amide bonds. The number of hydrogen-bond acceptors (Lipinski definition) is 4. The van der Waals surface area contributed by atoms with Gasteiger partial charge >= 0.3 is 0 Å². The van der Waals surface area contributed by atoms with E-state index in [1.165, 1.54) is 6.07 Å². The molecule has 1 fully saturated rings. The summed E-state index contributed by atoms with van der Waals surface area (Å²) < 4.78 is 5.36. The van der Waals surface area contributed by atoms with Crippen molar-refractivity contribution in [2.45, 2.75) is 19.3 Å². The van der Waals surface area contributed by atoms with Crippen molar-refractivity contribution in [2.24, 2.45) is 5.92 Å². The van der Waals surface area contributed by atoms with Gasteiger partial charge in [-0.15, -0.1) is 0 Å². The van der Waals surface area contributed by atoms with Crippen LogP contribution in [-0.4, -0.2) is 15.9 Å². The Morgan fingerprint density at radius 2 is 2.08 bits per heavy atom. The molecule has 0 aliphatic heterocycles. The second kappa shape index (κ2) is 6.05. The van der Waals surface area contributed by atoms with E-state index in [0.717, 1.165) is 17.7 Å². The highest BCUT2D eigenvalue weighted by Gasteiger charge is 2.45. The molecular formula is C19H17N3O3. The zero-order valence-electron chi connectivity index (χ0n) is 13.7. The van der Waals surface area contributed by atoms with Crippen LogP contribution in [0.3, 0.4) is 0 Å². The van der Waals surface area contributed by atoms with Crippen molar-refractivity contribution < 1.29 is 9.21 Å².